The maximum absolute atomic E-state index is 15.0. The minimum absolute atomic E-state index is 0.0720. The summed E-state index contributed by atoms with van der Waals surface area (Å²) >= 11 is 0. The molecule has 0 aromatic heterocycles. The molecule has 13 atom stereocenters. The number of hydrogen-bond donors (Lipinski definition) is 5. The Hall–Kier alpha value is -6.16. The summed E-state index contributed by atoms with van der Waals surface area (Å²) in [7, 11) is 4.29. The van der Waals surface area contributed by atoms with Crippen LogP contribution in [0.15, 0.2) is 24.3 Å². The second-order valence-electron chi connectivity index (χ2n) is 23.0. The molecule has 79 heavy (non-hydrogen) atoms. The van der Waals surface area contributed by atoms with Gasteiger partial charge < -0.3 is 60.0 Å². The maximum Gasteiger partial charge on any atom is 0.329 e. The number of methoxy groups -OCH3 is 1. The van der Waals surface area contributed by atoms with E-state index in [9.17, 15) is 53.4 Å². The van der Waals surface area contributed by atoms with E-state index in [0.717, 1.165) is 0 Å². The van der Waals surface area contributed by atoms with Crippen LogP contribution in [0.1, 0.15) is 133 Å². The highest BCUT2D eigenvalue weighted by molar-refractivity contribution is 6.05. The maximum atomic E-state index is 15.0. The normalized spacial score (nSPS) is 27.7. The smallest absolute Gasteiger partial charge is 0.329 e. The van der Waals surface area contributed by atoms with Crippen molar-refractivity contribution in [3.8, 4) is 5.75 Å². The number of likely N-dealkylation sites (N-methyl/N-ethyl adjacent to an activating group) is 2. The Balaban J connectivity index is 1.89. The Bertz CT molecular complexity index is 2330. The number of ketones is 1. The summed E-state index contributed by atoms with van der Waals surface area (Å²) in [5, 5.41) is 30.2. The van der Waals surface area contributed by atoms with Gasteiger partial charge in [-0.3, -0.25) is 43.2 Å². The Kier molecular flexibility index (Phi) is 24.3. The molecule has 7 amide bonds. The summed E-state index contributed by atoms with van der Waals surface area (Å²) in [6, 6.07) is -2.19. The summed E-state index contributed by atoms with van der Waals surface area (Å²) < 4.78 is 17.2. The molecule has 5 N–H and O–H groups in total. The number of rotatable bonds is 15. The standard InChI is InChI=1S/C57H89N7O15/c1-15-33(8)46-44(66)29-45(67)79-49(32(6)7)48(68)34(9)50(69)58-39(26-30(2)3)54(73)64-25-17-19-41(64)56(75)62(13)43(28-37-20-22-38(77-14)23-21-37)57(76)78-36(11)47(52(71)59-46)60-51(70)42(27-31(4)5)61(12)55(74)40-18-16-24-63(40)53(72)35(10)65/h20-23,30-36,39-44,46-47,49,65-66H,15-19,24-29H2,1-14H3,(H,58,69)(H,59,71)(H,60,70)/t33-,34+,35-,36-,39-,40+,41-,42-,43+,44-,46?,47-,49-/m0/s1. The Morgan fingerprint density at radius 2 is 1.49 bits per heavy atom. The van der Waals surface area contributed by atoms with Gasteiger partial charge in [0.1, 0.15) is 54.2 Å². The number of aliphatic hydroxyl groups excluding tert-OH is 2. The summed E-state index contributed by atoms with van der Waals surface area (Å²) in [4.78, 5) is 149. The Morgan fingerprint density at radius 1 is 0.861 bits per heavy atom. The van der Waals surface area contributed by atoms with Gasteiger partial charge >= 0.3 is 11.9 Å². The molecule has 4 rings (SSSR count). The van der Waals surface area contributed by atoms with Crippen molar-refractivity contribution in [2.45, 2.75) is 201 Å². The molecule has 1 aromatic rings. The van der Waals surface area contributed by atoms with Crippen LogP contribution in [0.25, 0.3) is 0 Å². The van der Waals surface area contributed by atoms with Crippen molar-refractivity contribution in [1.82, 2.24) is 35.6 Å². The van der Waals surface area contributed by atoms with Gasteiger partial charge in [0.15, 0.2) is 11.9 Å². The van der Waals surface area contributed by atoms with Crippen molar-refractivity contribution in [3.05, 3.63) is 29.8 Å². The highest BCUT2D eigenvalue weighted by Gasteiger charge is 2.46. The minimum Gasteiger partial charge on any atom is -0.497 e. The van der Waals surface area contributed by atoms with E-state index in [1.165, 1.54) is 61.6 Å². The molecule has 0 radical (unpaired) electrons. The van der Waals surface area contributed by atoms with Crippen molar-refractivity contribution in [3.63, 3.8) is 0 Å². The van der Waals surface area contributed by atoms with E-state index in [4.69, 9.17) is 14.2 Å². The first-order valence-electron chi connectivity index (χ1n) is 28.0. The third kappa shape index (κ3) is 16.9. The molecule has 3 fully saturated rings. The van der Waals surface area contributed by atoms with Gasteiger partial charge in [-0.2, -0.15) is 0 Å². The van der Waals surface area contributed by atoms with Gasteiger partial charge in [-0.05, 0) is 101 Å². The molecule has 1 unspecified atom stereocenters. The van der Waals surface area contributed by atoms with E-state index in [-0.39, 0.29) is 57.0 Å². The lowest BCUT2D eigenvalue weighted by atomic mass is 9.91. The van der Waals surface area contributed by atoms with Crippen LogP contribution in [0.3, 0.4) is 0 Å². The van der Waals surface area contributed by atoms with Crippen molar-refractivity contribution in [2.75, 3.05) is 34.3 Å². The van der Waals surface area contributed by atoms with E-state index < -0.39 is 150 Å². The number of carbonyl (C=O) groups is 10. The number of hydrogen-bond acceptors (Lipinski definition) is 15. The molecule has 3 heterocycles. The third-order valence-electron chi connectivity index (χ3n) is 15.5. The number of cyclic esters (lactones) is 2. The largest absolute Gasteiger partial charge is 0.497 e. The van der Waals surface area contributed by atoms with Gasteiger partial charge in [0.05, 0.1) is 31.6 Å². The number of nitrogens with one attached hydrogen (secondary N) is 3. The van der Waals surface area contributed by atoms with Crippen LogP contribution in [-0.4, -0.2) is 190 Å². The van der Waals surface area contributed by atoms with Gasteiger partial charge in [-0.1, -0.05) is 73.9 Å². The average molecular weight is 1110 g/mol. The molecule has 0 bridgehead atoms. The molecule has 22 heteroatoms. The number of fused-ring (bicyclic) bond motifs is 1. The van der Waals surface area contributed by atoms with E-state index >= 15 is 4.79 Å². The number of likely N-dealkylation sites (tertiary alicyclic amines) is 1. The number of carbonyl (C=O) groups excluding carboxylic acids is 10. The van der Waals surface area contributed by atoms with E-state index in [1.807, 2.05) is 27.7 Å². The van der Waals surface area contributed by atoms with Gasteiger partial charge in [0.2, 0.25) is 35.4 Å². The minimum atomic E-state index is -1.76. The van der Waals surface area contributed by atoms with Crippen molar-refractivity contribution in [1.29, 1.82) is 0 Å². The molecule has 3 aliphatic rings. The monoisotopic (exact) mass is 1110 g/mol. The van der Waals surface area contributed by atoms with Crippen molar-refractivity contribution >= 4 is 59.1 Å². The number of Topliss-reactive ketones (excluding diaryl/α,β-unsaturated/α-hetero) is 1. The number of ether oxygens (including phenoxy) is 3. The Morgan fingerprint density at radius 3 is 2.06 bits per heavy atom. The highest BCUT2D eigenvalue weighted by Crippen LogP contribution is 2.27. The predicted molar refractivity (Wildman–Crippen MR) is 290 cm³/mol. The molecule has 3 saturated heterocycles. The third-order valence-corrected chi connectivity index (χ3v) is 15.5. The fourth-order valence-electron chi connectivity index (χ4n) is 10.5. The molecular formula is C57H89N7O15. The molecule has 0 saturated carbocycles. The van der Waals surface area contributed by atoms with Gasteiger partial charge in [0.25, 0.3) is 5.91 Å². The van der Waals surface area contributed by atoms with E-state index in [2.05, 4.69) is 16.0 Å². The van der Waals surface area contributed by atoms with Crippen LogP contribution in [0, 0.1) is 29.6 Å². The molecule has 1 aromatic carbocycles. The van der Waals surface area contributed by atoms with Gasteiger partial charge in [-0.25, -0.2) is 4.79 Å². The average Bonchev–Trinajstić information content (AvgIpc) is 4.13. The van der Waals surface area contributed by atoms with Crippen LogP contribution < -0.4 is 20.7 Å². The first kappa shape index (κ1) is 65.4. The van der Waals surface area contributed by atoms with Crippen LogP contribution >= 0.6 is 0 Å². The molecular weight excluding hydrogens is 1020 g/mol. The van der Waals surface area contributed by atoms with Crippen molar-refractivity contribution in [2.24, 2.45) is 29.6 Å². The first-order valence-corrected chi connectivity index (χ1v) is 28.0. The summed E-state index contributed by atoms with van der Waals surface area (Å²) in [5.74, 6) is -10.3. The fraction of sp³-hybridized carbons (Fsp3) is 0.719. The zero-order chi connectivity index (χ0) is 59.3. The first-order chi connectivity index (χ1) is 37.0. The number of nitrogens with zero attached hydrogens (tertiary/aromatic N) is 4. The van der Waals surface area contributed by atoms with E-state index in [0.29, 0.717) is 30.6 Å². The highest BCUT2D eigenvalue weighted by atomic mass is 16.6. The summed E-state index contributed by atoms with van der Waals surface area (Å²) in [5.41, 5.74) is 0.571. The molecule has 22 nitrogen and oxygen atoms in total. The number of benzene rings is 1. The number of esters is 2. The topological polar surface area (TPSA) is 288 Å². The van der Waals surface area contributed by atoms with Gasteiger partial charge in [0, 0.05) is 33.6 Å². The number of amides is 7. The summed E-state index contributed by atoms with van der Waals surface area (Å²) in [6.07, 6.45) is -4.99. The van der Waals surface area contributed by atoms with Crippen molar-refractivity contribution < 1.29 is 72.4 Å². The molecule has 0 aliphatic carbocycles. The fourth-order valence-corrected chi connectivity index (χ4v) is 10.5. The SMILES string of the molecule is CC[C@H](C)C1NC(=O)[C@@H](NC(=O)[C@H](CC(C)C)N(C)C(=O)[C@H]2CCCN2C(=O)[C@H](C)O)[C@H](C)OC(=O)[C@@H](Cc2ccc(OC)cc2)N(C)C(=O)[C@@H]2CCCN2C(=O)[C@H](CC(C)C)NC(=O)[C@H](C)C(=O)[C@H](C(C)C)OC(=O)C[C@@H]1O. The lowest BCUT2D eigenvalue weighted by molar-refractivity contribution is -0.163. The van der Waals surface area contributed by atoms with Gasteiger partial charge in [-0.15, -0.1) is 0 Å². The molecule has 442 valence electrons. The predicted octanol–water partition coefficient (Wildman–Crippen LogP) is 2.32. The lowest BCUT2D eigenvalue weighted by Crippen LogP contribution is -2.62. The second-order valence-corrected chi connectivity index (χ2v) is 23.0. The van der Waals surface area contributed by atoms with Crippen LogP contribution in [-0.2, 0) is 63.8 Å². The molecule has 0 spiro atoms. The van der Waals surface area contributed by atoms with Crippen LogP contribution in [0.4, 0.5) is 0 Å². The Labute approximate surface area is 465 Å². The van der Waals surface area contributed by atoms with Crippen LogP contribution in [0.5, 0.6) is 5.75 Å². The zero-order valence-electron chi connectivity index (χ0n) is 48.8. The van der Waals surface area contributed by atoms with Crippen LogP contribution in [0.2, 0.25) is 0 Å². The quantitative estimate of drug-likeness (QED) is 0.124. The second kappa shape index (κ2) is 29.3. The zero-order valence-corrected chi connectivity index (χ0v) is 48.8. The summed E-state index contributed by atoms with van der Waals surface area (Å²) in [6.45, 7) is 18.4. The van der Waals surface area contributed by atoms with E-state index in [1.54, 1.807) is 52.0 Å². The lowest BCUT2D eigenvalue weighted by Gasteiger charge is -2.36. The number of aliphatic hydroxyl groups is 2. The molecule has 3 aliphatic heterocycles.